The molecule has 25 heavy (non-hydrogen) atoms. The van der Waals surface area contributed by atoms with Crippen LogP contribution >= 0.6 is 12.4 Å². The number of aryl methyl sites for hydroxylation is 1. The number of halogens is 1. The SMILES string of the molecule is Cc1cc(NC(=O)[C@@H]2CCC[C@@H]2CN)ccc1N1C(=O)CCC1=O.Cl. The van der Waals surface area contributed by atoms with Gasteiger partial charge in [-0.3, -0.25) is 19.3 Å². The minimum Gasteiger partial charge on any atom is -0.330 e. The van der Waals surface area contributed by atoms with Gasteiger partial charge in [-0.15, -0.1) is 12.4 Å². The summed E-state index contributed by atoms with van der Waals surface area (Å²) < 4.78 is 0. The zero-order valence-corrected chi connectivity index (χ0v) is 15.1. The van der Waals surface area contributed by atoms with Gasteiger partial charge in [-0.2, -0.15) is 0 Å². The summed E-state index contributed by atoms with van der Waals surface area (Å²) in [4.78, 5) is 37.4. The zero-order valence-electron chi connectivity index (χ0n) is 14.3. The Balaban J connectivity index is 0.00000225. The van der Waals surface area contributed by atoms with Gasteiger partial charge in [0.15, 0.2) is 0 Å². The third-order valence-corrected chi connectivity index (χ3v) is 5.06. The number of rotatable bonds is 4. The summed E-state index contributed by atoms with van der Waals surface area (Å²) in [5.41, 5.74) is 7.82. The number of amides is 3. The van der Waals surface area contributed by atoms with E-state index in [9.17, 15) is 14.4 Å². The number of nitrogens with one attached hydrogen (secondary N) is 1. The standard InChI is InChI=1S/C18H23N3O3.ClH/c1-11-9-13(20-18(24)14-4-2-3-12(14)10-19)5-6-15(11)21-16(22)7-8-17(21)23;/h5-6,9,12,14H,2-4,7-8,10,19H2,1H3,(H,20,24);1H/t12-,14-;/m1./s1. The molecule has 0 unspecified atom stereocenters. The molecule has 1 aliphatic heterocycles. The fourth-order valence-corrected chi connectivity index (χ4v) is 3.73. The molecule has 1 aromatic carbocycles. The molecule has 0 bridgehead atoms. The topological polar surface area (TPSA) is 92.5 Å². The summed E-state index contributed by atoms with van der Waals surface area (Å²) in [5.74, 6) is -0.112. The van der Waals surface area contributed by atoms with Crippen LogP contribution in [-0.2, 0) is 14.4 Å². The van der Waals surface area contributed by atoms with Crippen molar-refractivity contribution in [3.63, 3.8) is 0 Å². The van der Waals surface area contributed by atoms with Gasteiger partial charge in [-0.25, -0.2) is 0 Å². The van der Waals surface area contributed by atoms with Crippen LogP contribution in [0.4, 0.5) is 11.4 Å². The average molecular weight is 366 g/mol. The van der Waals surface area contributed by atoms with Crippen molar-refractivity contribution in [2.45, 2.75) is 39.0 Å². The van der Waals surface area contributed by atoms with E-state index in [0.717, 1.165) is 24.8 Å². The van der Waals surface area contributed by atoms with Gasteiger partial charge in [0.1, 0.15) is 0 Å². The average Bonchev–Trinajstić information content (AvgIpc) is 3.15. The number of carbonyl (C=O) groups is 3. The predicted octanol–water partition coefficient (Wildman–Crippen LogP) is 2.38. The molecule has 0 radical (unpaired) electrons. The van der Waals surface area contributed by atoms with Crippen molar-refractivity contribution in [3.8, 4) is 0 Å². The van der Waals surface area contributed by atoms with E-state index < -0.39 is 0 Å². The monoisotopic (exact) mass is 365 g/mol. The van der Waals surface area contributed by atoms with Gasteiger partial charge in [0.25, 0.3) is 0 Å². The second-order valence-electron chi connectivity index (χ2n) is 6.65. The van der Waals surface area contributed by atoms with Gasteiger partial charge in [-0.05, 0) is 56.0 Å². The summed E-state index contributed by atoms with van der Waals surface area (Å²) in [6.45, 7) is 2.37. The fourth-order valence-electron chi connectivity index (χ4n) is 3.73. The Labute approximate surface area is 153 Å². The Morgan fingerprint density at radius 3 is 2.52 bits per heavy atom. The summed E-state index contributed by atoms with van der Waals surface area (Å²) in [6, 6.07) is 5.27. The molecule has 1 saturated carbocycles. The first-order valence-corrected chi connectivity index (χ1v) is 8.48. The van der Waals surface area contributed by atoms with E-state index >= 15 is 0 Å². The second-order valence-corrected chi connectivity index (χ2v) is 6.65. The van der Waals surface area contributed by atoms with Crippen LogP contribution in [0.2, 0.25) is 0 Å². The molecule has 6 nitrogen and oxygen atoms in total. The van der Waals surface area contributed by atoms with E-state index in [1.807, 2.05) is 6.92 Å². The molecule has 1 heterocycles. The Bertz CT molecular complexity index is 676. The van der Waals surface area contributed by atoms with Crippen LogP contribution in [0.3, 0.4) is 0 Å². The Kier molecular flexibility index (Phi) is 6.19. The van der Waals surface area contributed by atoms with Crippen molar-refractivity contribution in [1.29, 1.82) is 0 Å². The summed E-state index contributed by atoms with van der Waals surface area (Å²) in [6.07, 6.45) is 3.45. The van der Waals surface area contributed by atoms with Gasteiger partial charge in [-0.1, -0.05) is 6.42 Å². The van der Waals surface area contributed by atoms with Gasteiger partial charge in [0.05, 0.1) is 5.69 Å². The summed E-state index contributed by atoms with van der Waals surface area (Å²) in [7, 11) is 0. The van der Waals surface area contributed by atoms with Crippen LogP contribution < -0.4 is 16.0 Å². The highest BCUT2D eigenvalue weighted by molar-refractivity contribution is 6.20. The Hall–Kier alpha value is -1.92. The number of anilines is 2. The first kappa shape index (κ1) is 19.4. The van der Waals surface area contributed by atoms with Gasteiger partial charge in [0, 0.05) is 24.4 Å². The van der Waals surface area contributed by atoms with E-state index in [4.69, 9.17) is 5.73 Å². The first-order chi connectivity index (χ1) is 11.5. The van der Waals surface area contributed by atoms with Gasteiger partial charge in [0.2, 0.25) is 17.7 Å². The van der Waals surface area contributed by atoms with E-state index in [-0.39, 0.29) is 54.8 Å². The van der Waals surface area contributed by atoms with Crippen molar-refractivity contribution in [1.82, 2.24) is 0 Å². The minimum absolute atomic E-state index is 0. The second kappa shape index (κ2) is 7.97. The summed E-state index contributed by atoms with van der Waals surface area (Å²) in [5, 5.41) is 2.95. The molecule has 3 N–H and O–H groups in total. The maximum absolute atomic E-state index is 12.5. The maximum Gasteiger partial charge on any atom is 0.234 e. The molecule has 0 spiro atoms. The minimum atomic E-state index is -0.170. The molecule has 136 valence electrons. The lowest BCUT2D eigenvalue weighted by atomic mass is 9.95. The van der Waals surface area contributed by atoms with Crippen molar-refractivity contribution in [2.75, 3.05) is 16.8 Å². The van der Waals surface area contributed by atoms with Crippen LogP contribution in [-0.4, -0.2) is 24.3 Å². The molecule has 2 fully saturated rings. The predicted molar refractivity (Wildman–Crippen MR) is 98.7 cm³/mol. The number of carbonyl (C=O) groups excluding carboxylic acids is 3. The highest BCUT2D eigenvalue weighted by Crippen LogP contribution is 2.33. The lowest BCUT2D eigenvalue weighted by Gasteiger charge is -2.20. The van der Waals surface area contributed by atoms with Gasteiger partial charge < -0.3 is 11.1 Å². The first-order valence-electron chi connectivity index (χ1n) is 8.48. The van der Waals surface area contributed by atoms with Crippen LogP contribution in [0.5, 0.6) is 0 Å². The Morgan fingerprint density at radius 1 is 1.24 bits per heavy atom. The number of nitrogens with two attached hydrogens (primary N) is 1. The smallest absolute Gasteiger partial charge is 0.234 e. The van der Waals surface area contributed by atoms with Crippen LogP contribution in [0, 0.1) is 18.8 Å². The maximum atomic E-state index is 12.5. The quantitative estimate of drug-likeness (QED) is 0.801. The number of hydrogen-bond acceptors (Lipinski definition) is 4. The van der Waals surface area contributed by atoms with Crippen molar-refractivity contribution in [2.24, 2.45) is 17.6 Å². The van der Waals surface area contributed by atoms with E-state index in [0.29, 0.717) is 17.9 Å². The van der Waals surface area contributed by atoms with Crippen molar-refractivity contribution < 1.29 is 14.4 Å². The molecule has 0 aromatic heterocycles. The van der Waals surface area contributed by atoms with E-state index in [2.05, 4.69) is 5.32 Å². The molecule has 3 amide bonds. The molecule has 1 saturated heterocycles. The lowest BCUT2D eigenvalue weighted by molar-refractivity contribution is -0.122. The fraction of sp³-hybridized carbons (Fsp3) is 0.500. The van der Waals surface area contributed by atoms with Crippen LogP contribution in [0.15, 0.2) is 18.2 Å². The molecule has 7 heteroatoms. The molecule has 2 aliphatic rings. The summed E-state index contributed by atoms with van der Waals surface area (Å²) >= 11 is 0. The number of hydrogen-bond donors (Lipinski definition) is 2. The lowest BCUT2D eigenvalue weighted by Crippen LogP contribution is -2.30. The molecular formula is C18H24ClN3O3. The number of imide groups is 1. The number of benzene rings is 1. The van der Waals surface area contributed by atoms with E-state index in [1.165, 1.54) is 4.90 Å². The molecule has 1 aliphatic carbocycles. The molecular weight excluding hydrogens is 342 g/mol. The van der Waals surface area contributed by atoms with Gasteiger partial charge >= 0.3 is 0 Å². The zero-order chi connectivity index (χ0) is 17.3. The molecule has 2 atom stereocenters. The van der Waals surface area contributed by atoms with Crippen LogP contribution in [0.1, 0.15) is 37.7 Å². The molecule has 1 aromatic rings. The highest BCUT2D eigenvalue weighted by atomic mass is 35.5. The third-order valence-electron chi connectivity index (χ3n) is 5.06. The normalized spacial score (nSPS) is 22.9. The van der Waals surface area contributed by atoms with Crippen molar-refractivity contribution in [3.05, 3.63) is 23.8 Å². The third kappa shape index (κ3) is 3.85. The van der Waals surface area contributed by atoms with E-state index in [1.54, 1.807) is 18.2 Å². The molecule has 3 rings (SSSR count). The largest absolute Gasteiger partial charge is 0.330 e. The Morgan fingerprint density at radius 2 is 1.92 bits per heavy atom. The highest BCUT2D eigenvalue weighted by Gasteiger charge is 2.33. The van der Waals surface area contributed by atoms with Crippen molar-refractivity contribution >= 4 is 41.5 Å². The number of nitrogens with zero attached hydrogens (tertiary/aromatic N) is 1. The van der Waals surface area contributed by atoms with Crippen LogP contribution in [0.25, 0.3) is 0 Å².